The minimum absolute atomic E-state index is 0.00694. The van der Waals surface area contributed by atoms with E-state index in [1.807, 2.05) is 78.6 Å². The molecular formula is C69H64N14O8. The second-order valence-corrected chi connectivity index (χ2v) is 23.2. The van der Waals surface area contributed by atoms with E-state index in [0.717, 1.165) is 84.9 Å². The first kappa shape index (κ1) is 58.6. The first-order chi connectivity index (χ1) is 44.2. The molecule has 22 heteroatoms. The Balaban J connectivity index is 0.000000125. The predicted octanol–water partition coefficient (Wildman–Crippen LogP) is 9.22. The lowest BCUT2D eigenvalue weighted by Crippen LogP contribution is -2.60. The average Bonchev–Trinajstić information content (AvgIpc) is 1.66. The standard InChI is InChI=1S/C25H24N4O3.C23H20N4O3.C21H20N6O2/c1-2-23(31)28-9-7-18(8-10-28)29-15-17-13-26-14-22(24(17)25(29)32)27-21-12-19(30)11-16-5-3-4-6-20(16)21;1-2-21(29)26-11-15(12-26)27-13-20-22(23(27)30)18(7-8-24-20)25-19-10-16(28)9-14-5-3-4-6-17(14)19;1-3-18(28)26-9-13(10-26)27-11-17-19(21(27)29)16(6-7-22-17)24-20-12(2)4-5-15-14(20)8-23-25-15/h2-6,11-14,18,27,30H,1,7-10,15H2;2-10,15,28H,1,11-13H2,(H,24,25);3-8,13H,1,9-11H2,2H3,(H,22,24)(H,23,25). The SMILES string of the molecule is C=CC(=O)N1CC(N2Cc3nccc(Nc4c(C)ccc5[nH]ncc45)c3C2=O)C1.C=CC(=O)N1CC(N2Cc3nccc(Nc4cc(O)cc5ccccc45)c3C2=O)C1.C=CC(=O)N1CCC(N2Cc3cncc(Nc4cc(O)cc5ccccc45)c3C2=O)CC1. The van der Waals surface area contributed by atoms with Crippen LogP contribution in [0.1, 0.15) is 66.4 Å². The number of fused-ring (bicyclic) bond motifs is 6. The monoisotopic (exact) mass is 1220 g/mol. The van der Waals surface area contributed by atoms with Crippen LogP contribution in [-0.4, -0.2) is 158 Å². The van der Waals surface area contributed by atoms with Crippen LogP contribution in [0, 0.1) is 6.92 Å². The molecule has 9 aromatic rings. The number of carbonyl (C=O) groups is 6. The van der Waals surface area contributed by atoms with Crippen LogP contribution < -0.4 is 16.0 Å². The van der Waals surface area contributed by atoms with Crippen molar-refractivity contribution in [3.63, 3.8) is 0 Å². The summed E-state index contributed by atoms with van der Waals surface area (Å²) in [5.74, 6) is -0.154. The Morgan fingerprint density at radius 1 is 0.538 bits per heavy atom. The Labute approximate surface area is 522 Å². The van der Waals surface area contributed by atoms with Crippen molar-refractivity contribution < 1.29 is 39.0 Å². The second kappa shape index (κ2) is 24.3. The number of nitrogens with one attached hydrogen (secondary N) is 4. The van der Waals surface area contributed by atoms with Crippen molar-refractivity contribution in [1.29, 1.82) is 0 Å². The molecule has 10 heterocycles. The van der Waals surface area contributed by atoms with Gasteiger partial charge in [-0.1, -0.05) is 74.3 Å². The number of carbonyl (C=O) groups excluding carboxylic acids is 6. The highest BCUT2D eigenvalue weighted by molar-refractivity contribution is 6.08. The average molecular weight is 1220 g/mol. The maximum Gasteiger partial charge on any atom is 0.258 e. The molecule has 4 aromatic heterocycles. The maximum atomic E-state index is 13.4. The third kappa shape index (κ3) is 11.1. The minimum Gasteiger partial charge on any atom is -0.508 e. The van der Waals surface area contributed by atoms with Gasteiger partial charge in [0.1, 0.15) is 11.5 Å². The predicted molar refractivity (Wildman–Crippen MR) is 345 cm³/mol. The fourth-order valence-corrected chi connectivity index (χ4v) is 12.9. The smallest absolute Gasteiger partial charge is 0.258 e. The third-order valence-corrected chi connectivity index (χ3v) is 17.8. The van der Waals surface area contributed by atoms with Crippen LogP contribution >= 0.6 is 0 Å². The largest absolute Gasteiger partial charge is 0.508 e. The Kier molecular flexibility index (Phi) is 15.6. The molecule has 6 amide bonds. The van der Waals surface area contributed by atoms with Gasteiger partial charge in [-0.15, -0.1) is 0 Å². The zero-order valence-electron chi connectivity index (χ0n) is 49.8. The third-order valence-electron chi connectivity index (χ3n) is 17.8. The number of hydrogen-bond donors (Lipinski definition) is 6. The summed E-state index contributed by atoms with van der Waals surface area (Å²) in [7, 11) is 0. The van der Waals surface area contributed by atoms with Crippen LogP contribution in [0.4, 0.5) is 34.1 Å². The number of aromatic nitrogens is 5. The Hall–Kier alpha value is -11.4. The molecule has 0 aliphatic carbocycles. The number of hydrogen-bond acceptors (Lipinski definition) is 15. The summed E-state index contributed by atoms with van der Waals surface area (Å²) in [6, 6.07) is 29.9. The number of amides is 6. The first-order valence-corrected chi connectivity index (χ1v) is 29.9. The summed E-state index contributed by atoms with van der Waals surface area (Å²) in [5, 5.41) is 42.1. The van der Waals surface area contributed by atoms with Crippen molar-refractivity contribution in [3.05, 3.63) is 205 Å². The lowest BCUT2D eigenvalue weighted by atomic mass is 10.0. The topological polar surface area (TPSA) is 266 Å². The van der Waals surface area contributed by atoms with Crippen molar-refractivity contribution in [2.75, 3.05) is 55.2 Å². The highest BCUT2D eigenvalue weighted by Crippen LogP contribution is 2.40. The zero-order valence-corrected chi connectivity index (χ0v) is 49.8. The molecule has 0 bridgehead atoms. The number of piperidine rings is 1. The highest BCUT2D eigenvalue weighted by Gasteiger charge is 2.44. The van der Waals surface area contributed by atoms with Crippen LogP contribution in [0.3, 0.4) is 0 Å². The van der Waals surface area contributed by atoms with Gasteiger partial charge < -0.3 is 55.6 Å². The molecule has 458 valence electrons. The second-order valence-electron chi connectivity index (χ2n) is 23.2. The number of H-pyrrole nitrogens is 1. The van der Waals surface area contributed by atoms with Gasteiger partial charge in [0.25, 0.3) is 17.7 Å². The van der Waals surface area contributed by atoms with Gasteiger partial charge in [0.15, 0.2) is 0 Å². The van der Waals surface area contributed by atoms with Crippen LogP contribution in [0.2, 0.25) is 0 Å². The van der Waals surface area contributed by atoms with E-state index in [-0.39, 0.29) is 65.1 Å². The van der Waals surface area contributed by atoms with Crippen LogP contribution in [0.25, 0.3) is 32.4 Å². The molecule has 6 aliphatic heterocycles. The number of aromatic amines is 1. The van der Waals surface area contributed by atoms with Crippen LogP contribution in [0.5, 0.6) is 11.5 Å². The van der Waals surface area contributed by atoms with Crippen LogP contribution in [-0.2, 0) is 34.0 Å². The Morgan fingerprint density at radius 3 is 1.58 bits per heavy atom. The van der Waals surface area contributed by atoms with Crippen molar-refractivity contribution in [3.8, 4) is 11.5 Å². The van der Waals surface area contributed by atoms with Gasteiger partial charge in [-0.05, 0) is 84.7 Å². The summed E-state index contributed by atoms with van der Waals surface area (Å²) in [5.41, 5.74) is 10.5. The van der Waals surface area contributed by atoms with Gasteiger partial charge in [-0.2, -0.15) is 5.10 Å². The van der Waals surface area contributed by atoms with Crippen LogP contribution in [0.15, 0.2) is 166 Å². The molecule has 3 saturated heterocycles. The number of phenolic OH excluding ortho intramolecular Hbond substituents is 2. The number of rotatable bonds is 12. The molecule has 6 N–H and O–H groups in total. The van der Waals surface area contributed by atoms with E-state index in [9.17, 15) is 39.0 Å². The molecule has 0 saturated carbocycles. The van der Waals surface area contributed by atoms with Gasteiger partial charge in [-0.3, -0.25) is 48.8 Å². The molecule has 15 rings (SSSR count). The van der Waals surface area contributed by atoms with E-state index < -0.39 is 0 Å². The van der Waals surface area contributed by atoms with Gasteiger partial charge in [0.05, 0.1) is 105 Å². The molecule has 91 heavy (non-hydrogen) atoms. The van der Waals surface area contributed by atoms with Crippen molar-refractivity contribution in [2.24, 2.45) is 0 Å². The Morgan fingerprint density at radius 2 is 1.03 bits per heavy atom. The molecule has 5 aromatic carbocycles. The number of benzene rings is 5. The van der Waals surface area contributed by atoms with Gasteiger partial charge in [-0.25, -0.2) is 0 Å². The molecule has 0 atom stereocenters. The zero-order chi connectivity index (χ0) is 63.2. The fourth-order valence-electron chi connectivity index (χ4n) is 12.9. The fraction of sp³-hybridized carbons (Fsp3) is 0.217. The molecule has 0 unspecified atom stereocenters. The number of aryl methyl sites for hydroxylation is 1. The van der Waals surface area contributed by atoms with Gasteiger partial charge in [0.2, 0.25) is 17.7 Å². The Bertz CT molecular complexity index is 4490. The molecular weight excluding hydrogens is 1150 g/mol. The van der Waals surface area contributed by atoms with E-state index in [4.69, 9.17) is 0 Å². The van der Waals surface area contributed by atoms with Gasteiger partial charge in [0, 0.05) is 104 Å². The van der Waals surface area contributed by atoms with Gasteiger partial charge >= 0.3 is 0 Å². The number of phenols is 2. The molecule has 6 aliphatic rings. The maximum absolute atomic E-state index is 13.4. The quantitative estimate of drug-likeness (QED) is 0.0623. The van der Waals surface area contributed by atoms with E-state index in [1.54, 1.807) is 85.8 Å². The minimum atomic E-state index is -0.119. The van der Waals surface area contributed by atoms with E-state index in [1.165, 1.54) is 18.2 Å². The van der Waals surface area contributed by atoms with Crippen molar-refractivity contribution >= 4 is 102 Å². The number of anilines is 6. The van der Waals surface area contributed by atoms with E-state index in [0.29, 0.717) is 92.7 Å². The molecule has 3 fully saturated rings. The number of aromatic hydroxyl groups is 2. The lowest BCUT2D eigenvalue weighted by Gasteiger charge is -2.43. The summed E-state index contributed by atoms with van der Waals surface area (Å²) < 4.78 is 0. The number of nitrogens with zero attached hydrogens (tertiary/aromatic N) is 10. The summed E-state index contributed by atoms with van der Waals surface area (Å²) >= 11 is 0. The van der Waals surface area contributed by atoms with Crippen molar-refractivity contribution in [1.82, 2.24) is 54.5 Å². The lowest BCUT2D eigenvalue weighted by molar-refractivity contribution is -0.133. The first-order valence-electron chi connectivity index (χ1n) is 29.9. The summed E-state index contributed by atoms with van der Waals surface area (Å²) in [4.78, 5) is 98.9. The van der Waals surface area contributed by atoms with Crippen molar-refractivity contribution in [2.45, 2.75) is 57.5 Å². The molecule has 0 radical (unpaired) electrons. The van der Waals surface area contributed by atoms with E-state index >= 15 is 0 Å². The normalized spacial score (nSPS) is 16.1. The summed E-state index contributed by atoms with van der Waals surface area (Å²) in [6.07, 6.45) is 14.0. The number of pyridine rings is 3. The highest BCUT2D eigenvalue weighted by atomic mass is 16.3. The molecule has 0 spiro atoms. The summed E-state index contributed by atoms with van der Waals surface area (Å²) in [6.45, 7) is 17.3. The van der Waals surface area contributed by atoms with E-state index in [2.05, 4.69) is 60.8 Å². The number of likely N-dealkylation sites (tertiary alicyclic amines) is 3. The molecule has 22 nitrogen and oxygen atoms in total.